The van der Waals surface area contributed by atoms with Gasteiger partial charge < -0.3 is 49.3 Å². The van der Waals surface area contributed by atoms with Crippen molar-refractivity contribution in [3.63, 3.8) is 0 Å². The summed E-state index contributed by atoms with van der Waals surface area (Å²) < 4.78 is 0. The van der Waals surface area contributed by atoms with Gasteiger partial charge in [-0.05, 0) is 0 Å². The van der Waals surface area contributed by atoms with E-state index in [1.54, 1.807) is 0 Å². The molecule has 0 amide bonds. The Morgan fingerprint density at radius 1 is 0.385 bits per heavy atom. The second kappa shape index (κ2) is 80.9. The van der Waals surface area contributed by atoms with Crippen molar-refractivity contribution in [3.8, 4) is 0 Å². The van der Waals surface area contributed by atoms with Crippen LogP contribution in [0.5, 0.6) is 0 Å². The van der Waals surface area contributed by atoms with Crippen molar-refractivity contribution in [1.82, 2.24) is 0 Å². The van der Waals surface area contributed by atoms with Gasteiger partial charge in [-0.3, -0.25) is 0 Å². The first-order valence-electron chi connectivity index (χ1n) is 0.327. The molecule has 13 heteroatoms. The molecular formula is H18ErI3O9. The summed E-state index contributed by atoms with van der Waals surface area (Å²) in [7, 11) is 0. The van der Waals surface area contributed by atoms with Crippen LogP contribution in [0.15, 0.2) is 0 Å². The zero-order valence-corrected chi connectivity index (χ0v) is 14.2. The van der Waals surface area contributed by atoms with E-state index in [0.29, 0.717) is 0 Å². The van der Waals surface area contributed by atoms with E-state index in [1.807, 2.05) is 0 Å². The van der Waals surface area contributed by atoms with Gasteiger partial charge in [0, 0.05) is 0 Å². The molecule has 0 aromatic rings. The molecule has 13 heavy (non-hydrogen) atoms. The predicted molar refractivity (Wildman–Crippen MR) is 74.6 cm³/mol. The normalized spacial score (nSPS) is 3.46. The Morgan fingerprint density at radius 2 is 0.385 bits per heavy atom. The average molecular weight is 710 g/mol. The van der Waals surface area contributed by atoms with Crippen LogP contribution in [0, 0.1) is 16.0 Å². The van der Waals surface area contributed by atoms with E-state index in [-0.39, 0.29) is 65.3 Å². The zero-order valence-electron chi connectivity index (χ0n) is 5.92. The van der Waals surface area contributed by atoms with Crippen LogP contribution >= 0.6 is 45.4 Å². The molecular weight excluding hydrogens is 692 g/mol. The van der Waals surface area contributed by atoms with Crippen LogP contribution in [-0.2, 0) is 0 Å². The molecule has 0 aromatic carbocycles. The Labute approximate surface area is 108 Å². The van der Waals surface area contributed by atoms with Crippen LogP contribution in [0.4, 0.5) is 0 Å². The first-order valence-corrected chi connectivity index (χ1v) is 16.3. The number of rotatable bonds is 0. The maximum atomic E-state index is 2.46. The predicted octanol–water partition coefficient (Wildman–Crippen LogP) is -4.77. The van der Waals surface area contributed by atoms with Gasteiger partial charge in [0.1, 0.15) is 0 Å². The fourth-order valence-electron chi connectivity index (χ4n) is 0. The molecule has 0 aromatic heterocycles. The Kier molecular flexibility index (Phi) is 616. The second-order valence-corrected chi connectivity index (χ2v) is 41.3. The first kappa shape index (κ1) is 99.0. The molecule has 0 atom stereocenters. The van der Waals surface area contributed by atoms with Gasteiger partial charge in [0.15, 0.2) is 0 Å². The van der Waals surface area contributed by atoms with E-state index in [0.717, 1.165) is 0 Å². The first-order chi connectivity index (χ1) is 1.73. The van der Waals surface area contributed by atoms with E-state index < -0.39 is 0 Å². The molecule has 0 aliphatic heterocycles. The summed E-state index contributed by atoms with van der Waals surface area (Å²) >= 11 is 7.14. The van der Waals surface area contributed by atoms with Crippen molar-refractivity contribution in [1.29, 1.82) is 0 Å². The molecule has 0 radical (unpaired) electrons. The van der Waals surface area contributed by atoms with Crippen molar-refractivity contribution in [2.24, 2.45) is 0 Å². The van der Waals surface area contributed by atoms with E-state index >= 15 is 0 Å². The van der Waals surface area contributed by atoms with Crippen molar-refractivity contribution in [3.05, 3.63) is 0 Å². The van der Waals surface area contributed by atoms with Crippen LogP contribution in [0.25, 0.3) is 0 Å². The Hall–Kier alpha value is 3.08. The molecule has 0 heterocycles. The van der Waals surface area contributed by atoms with Gasteiger partial charge in [-0.15, -0.1) is 0 Å². The fourth-order valence-corrected chi connectivity index (χ4v) is 0. The molecule has 0 rings (SSSR count). The fraction of sp³-hybridized carbons (Fsp3) is 0. The molecule has 0 aliphatic rings. The summed E-state index contributed by atoms with van der Waals surface area (Å²) in [5.41, 5.74) is 0. The molecule has 0 fully saturated rings. The van der Waals surface area contributed by atoms with Crippen LogP contribution in [-0.4, -0.2) is 49.3 Å². The van der Waals surface area contributed by atoms with E-state index in [9.17, 15) is 0 Å². The van der Waals surface area contributed by atoms with E-state index in [2.05, 4.69) is 45.4 Å². The van der Waals surface area contributed by atoms with Gasteiger partial charge in [0.05, 0.1) is 0 Å². The molecule has 0 aliphatic carbocycles. The number of halogens is 3. The van der Waals surface area contributed by atoms with Gasteiger partial charge in [0.25, 0.3) is 0 Å². The summed E-state index contributed by atoms with van der Waals surface area (Å²) in [6.45, 7) is 0. The summed E-state index contributed by atoms with van der Waals surface area (Å²) in [4.78, 5) is 0. The van der Waals surface area contributed by atoms with Crippen molar-refractivity contribution < 1.29 is 65.3 Å². The molecule has 9 nitrogen and oxygen atoms in total. The number of hydrogen-bond donors (Lipinski definition) is 0. The standard InChI is InChI=1S/Er.3HI.9H2O/h;3*1H;9*1H2/q+3;;;;;;;;;;;;/p-3. The van der Waals surface area contributed by atoms with Gasteiger partial charge in [-0.25, -0.2) is 0 Å². The van der Waals surface area contributed by atoms with Crippen molar-refractivity contribution in [2.45, 2.75) is 0 Å². The topological polar surface area (TPSA) is 284 Å². The molecule has 0 saturated carbocycles. The second-order valence-electron chi connectivity index (χ2n) is 0.124. The Morgan fingerprint density at radius 3 is 0.385 bits per heavy atom. The summed E-state index contributed by atoms with van der Waals surface area (Å²) in [5, 5.41) is 0. The Bertz CT molecular complexity index is 19.6. The van der Waals surface area contributed by atoms with Gasteiger partial charge in [0.2, 0.25) is 0 Å². The third-order valence-electron chi connectivity index (χ3n) is 0. The molecule has 0 bridgehead atoms. The van der Waals surface area contributed by atoms with Crippen LogP contribution in [0.1, 0.15) is 0 Å². The molecule has 18 N–H and O–H groups in total. The number of hydrogen-bond acceptors (Lipinski definition) is 0. The summed E-state index contributed by atoms with van der Waals surface area (Å²) in [6.07, 6.45) is 0. The molecule has 0 saturated heterocycles. The minimum atomic E-state index is -0.229. The van der Waals surface area contributed by atoms with Crippen LogP contribution < -0.4 is 0 Å². The average Bonchev–Trinajstić information content (AvgIpc) is 0.811. The molecule has 0 spiro atoms. The van der Waals surface area contributed by atoms with E-state index in [4.69, 9.17) is 0 Å². The maximum absolute atomic E-state index is 2.46. The van der Waals surface area contributed by atoms with Crippen molar-refractivity contribution >= 4 is 45.4 Å². The SMILES string of the molecule is O.O.O.O.O.O.O.O.O.[I][Er]([I])[I]. The van der Waals surface area contributed by atoms with Crippen LogP contribution in [0.2, 0.25) is 0 Å². The minimum absolute atomic E-state index is 0. The molecule has 0 unspecified atom stereocenters. The van der Waals surface area contributed by atoms with Crippen molar-refractivity contribution in [2.75, 3.05) is 0 Å². The zero-order chi connectivity index (χ0) is 3.58. The van der Waals surface area contributed by atoms with Crippen LogP contribution in [0.3, 0.4) is 0 Å². The Balaban J connectivity index is -0.00000000125. The summed E-state index contributed by atoms with van der Waals surface area (Å²) in [5.74, 6) is 0. The van der Waals surface area contributed by atoms with E-state index in [1.165, 1.54) is 0 Å². The third-order valence-corrected chi connectivity index (χ3v) is 0. The molecule has 105 valence electrons. The quantitative estimate of drug-likeness (QED) is 0.214. The third kappa shape index (κ3) is 272. The van der Waals surface area contributed by atoms with Gasteiger partial charge in [-0.2, -0.15) is 0 Å². The summed E-state index contributed by atoms with van der Waals surface area (Å²) in [6, 6.07) is 0. The van der Waals surface area contributed by atoms with Gasteiger partial charge in [-0.1, -0.05) is 0 Å². The monoisotopic (exact) mass is 709 g/mol. The van der Waals surface area contributed by atoms with Gasteiger partial charge >= 0.3 is 61.4 Å².